The zero-order valence-electron chi connectivity index (χ0n) is 14.1. The van der Waals surface area contributed by atoms with Crippen LogP contribution in [0.25, 0.3) is 0 Å². The van der Waals surface area contributed by atoms with Crippen molar-refractivity contribution in [1.29, 1.82) is 0 Å². The number of hydrogen-bond acceptors (Lipinski definition) is 4. The Hall–Kier alpha value is -1.91. The second-order valence-corrected chi connectivity index (χ2v) is 9.18. The highest BCUT2D eigenvalue weighted by Crippen LogP contribution is 2.30. The number of rotatable bonds is 5. The summed E-state index contributed by atoms with van der Waals surface area (Å²) in [6.45, 7) is 0.291. The summed E-state index contributed by atoms with van der Waals surface area (Å²) in [5, 5.41) is 4.28. The Bertz CT molecular complexity index is 895. The van der Waals surface area contributed by atoms with E-state index in [1.54, 1.807) is 11.4 Å². The molecule has 1 unspecified atom stereocenters. The monoisotopic (exact) mass is 418 g/mol. The summed E-state index contributed by atoms with van der Waals surface area (Å²) in [5.41, 5.74) is -0.261. The van der Waals surface area contributed by atoms with Gasteiger partial charge >= 0.3 is 6.18 Å². The van der Waals surface area contributed by atoms with E-state index in [1.165, 1.54) is 22.5 Å². The summed E-state index contributed by atoms with van der Waals surface area (Å²) in [7, 11) is -3.73. The van der Waals surface area contributed by atoms with Crippen LogP contribution in [0.1, 0.15) is 24.0 Å². The third kappa shape index (κ3) is 4.33. The summed E-state index contributed by atoms with van der Waals surface area (Å²) in [5.74, 6) is -0.451. The fraction of sp³-hybridized carbons (Fsp3) is 0.353. The van der Waals surface area contributed by atoms with Gasteiger partial charge in [-0.1, -0.05) is 18.2 Å². The lowest BCUT2D eigenvalue weighted by atomic mass is 10.1. The molecule has 1 aromatic carbocycles. The van der Waals surface area contributed by atoms with Gasteiger partial charge in [-0.2, -0.15) is 17.5 Å². The molecule has 1 aliphatic rings. The van der Waals surface area contributed by atoms with Crippen molar-refractivity contribution < 1.29 is 26.4 Å². The lowest BCUT2D eigenvalue weighted by Crippen LogP contribution is -2.45. The van der Waals surface area contributed by atoms with Gasteiger partial charge in [-0.15, -0.1) is 11.3 Å². The molecule has 1 aliphatic heterocycles. The molecule has 5 nitrogen and oxygen atoms in total. The molecule has 146 valence electrons. The van der Waals surface area contributed by atoms with Crippen molar-refractivity contribution in [2.45, 2.75) is 35.8 Å². The average molecular weight is 418 g/mol. The summed E-state index contributed by atoms with van der Waals surface area (Å²) < 4.78 is 64.4. The highest BCUT2D eigenvalue weighted by atomic mass is 32.2. The minimum Gasteiger partial charge on any atom is -0.351 e. The standard InChI is InChI=1S/C17H17F3N2O3S2/c18-17(19,20)13-7-5-12(6-8-13)11-21-16(23)14-3-1-9-22(14)27(24,25)15-4-2-10-26-15/h2,4-8,10,14H,1,3,9,11H2,(H,21,23). The maximum atomic E-state index is 12.7. The van der Waals surface area contributed by atoms with Crippen LogP contribution < -0.4 is 5.32 Å². The number of amides is 1. The Morgan fingerprint density at radius 3 is 2.52 bits per heavy atom. The van der Waals surface area contributed by atoms with Crippen molar-refractivity contribution in [3.05, 3.63) is 52.9 Å². The third-order valence-corrected chi connectivity index (χ3v) is 7.59. The van der Waals surface area contributed by atoms with Gasteiger partial charge in [-0.3, -0.25) is 4.79 Å². The Morgan fingerprint density at radius 2 is 1.93 bits per heavy atom. The van der Waals surface area contributed by atoms with Gasteiger partial charge in [0.15, 0.2) is 0 Å². The molecule has 1 N–H and O–H groups in total. The van der Waals surface area contributed by atoms with Gasteiger partial charge in [0.25, 0.3) is 10.0 Å². The van der Waals surface area contributed by atoms with Gasteiger partial charge in [-0.05, 0) is 42.0 Å². The molecule has 2 heterocycles. The van der Waals surface area contributed by atoms with Crippen molar-refractivity contribution in [2.24, 2.45) is 0 Å². The van der Waals surface area contributed by atoms with Gasteiger partial charge in [0.05, 0.1) is 5.56 Å². The predicted octanol–water partition coefficient (Wildman–Crippen LogP) is 3.24. The molecule has 1 saturated heterocycles. The van der Waals surface area contributed by atoms with E-state index in [0.29, 0.717) is 18.4 Å². The zero-order valence-corrected chi connectivity index (χ0v) is 15.7. The summed E-state index contributed by atoms with van der Waals surface area (Å²) in [4.78, 5) is 12.5. The molecule has 0 saturated carbocycles. The summed E-state index contributed by atoms with van der Waals surface area (Å²) in [6.07, 6.45) is -3.44. The van der Waals surface area contributed by atoms with Crippen LogP contribution in [0.5, 0.6) is 0 Å². The molecular formula is C17H17F3N2O3S2. The molecule has 1 atom stereocenters. The quantitative estimate of drug-likeness (QED) is 0.811. The minimum absolute atomic E-state index is 0.0281. The number of carbonyl (C=O) groups excluding carboxylic acids is 1. The van der Waals surface area contributed by atoms with Crippen LogP contribution in [-0.2, 0) is 27.5 Å². The Morgan fingerprint density at radius 1 is 1.22 bits per heavy atom. The number of halogens is 3. The number of carbonyl (C=O) groups is 1. The number of alkyl halides is 3. The highest BCUT2D eigenvalue weighted by molar-refractivity contribution is 7.91. The minimum atomic E-state index is -4.41. The maximum Gasteiger partial charge on any atom is 0.416 e. The van der Waals surface area contributed by atoms with Crippen LogP contribution in [-0.4, -0.2) is 31.2 Å². The first-order valence-corrected chi connectivity index (χ1v) is 10.5. The lowest BCUT2D eigenvalue weighted by molar-refractivity contribution is -0.137. The van der Waals surface area contributed by atoms with E-state index in [2.05, 4.69) is 5.32 Å². The smallest absolute Gasteiger partial charge is 0.351 e. The van der Waals surface area contributed by atoms with E-state index < -0.39 is 33.7 Å². The maximum absolute atomic E-state index is 12.7. The number of benzene rings is 1. The van der Waals surface area contributed by atoms with Gasteiger partial charge in [0.2, 0.25) is 5.91 Å². The number of sulfonamides is 1. The second kappa shape index (κ2) is 7.61. The summed E-state index contributed by atoms with van der Waals surface area (Å²) in [6, 6.07) is 6.79. The first kappa shape index (κ1) is 19.8. The van der Waals surface area contributed by atoms with Gasteiger partial charge in [-0.25, -0.2) is 8.42 Å². The highest BCUT2D eigenvalue weighted by Gasteiger charge is 2.39. The van der Waals surface area contributed by atoms with E-state index in [9.17, 15) is 26.4 Å². The van der Waals surface area contributed by atoms with Crippen LogP contribution in [0.3, 0.4) is 0 Å². The van der Waals surface area contributed by atoms with E-state index in [0.717, 1.165) is 23.5 Å². The molecular weight excluding hydrogens is 401 g/mol. The van der Waals surface area contributed by atoms with Gasteiger partial charge < -0.3 is 5.32 Å². The zero-order chi connectivity index (χ0) is 19.7. The molecule has 27 heavy (non-hydrogen) atoms. The van der Waals surface area contributed by atoms with E-state index in [1.807, 2.05) is 0 Å². The van der Waals surface area contributed by atoms with Crippen molar-refractivity contribution in [1.82, 2.24) is 9.62 Å². The third-order valence-electron chi connectivity index (χ3n) is 4.31. The van der Waals surface area contributed by atoms with Crippen LogP contribution in [0.15, 0.2) is 46.0 Å². The second-order valence-electron chi connectivity index (χ2n) is 6.12. The number of hydrogen-bond donors (Lipinski definition) is 1. The fourth-order valence-corrected chi connectivity index (χ4v) is 5.71. The van der Waals surface area contributed by atoms with E-state index in [-0.39, 0.29) is 17.3 Å². The van der Waals surface area contributed by atoms with Crippen molar-refractivity contribution in [3.63, 3.8) is 0 Å². The lowest BCUT2D eigenvalue weighted by Gasteiger charge is -2.22. The van der Waals surface area contributed by atoms with Crippen molar-refractivity contribution in [3.8, 4) is 0 Å². The van der Waals surface area contributed by atoms with E-state index in [4.69, 9.17) is 0 Å². The van der Waals surface area contributed by atoms with Crippen LogP contribution in [0.2, 0.25) is 0 Å². The first-order valence-electron chi connectivity index (χ1n) is 8.19. The Balaban J connectivity index is 1.65. The Kier molecular flexibility index (Phi) is 5.59. The van der Waals surface area contributed by atoms with Gasteiger partial charge in [0.1, 0.15) is 10.3 Å². The molecule has 10 heteroatoms. The Labute approximate surface area is 158 Å². The molecule has 0 radical (unpaired) electrons. The number of nitrogens with one attached hydrogen (secondary N) is 1. The number of nitrogens with zero attached hydrogens (tertiary/aromatic N) is 1. The van der Waals surface area contributed by atoms with Crippen LogP contribution >= 0.6 is 11.3 Å². The van der Waals surface area contributed by atoms with Gasteiger partial charge in [0, 0.05) is 13.1 Å². The SMILES string of the molecule is O=C(NCc1ccc(C(F)(F)F)cc1)C1CCCN1S(=O)(=O)c1cccs1. The predicted molar refractivity (Wildman–Crippen MR) is 94.5 cm³/mol. The topological polar surface area (TPSA) is 66.5 Å². The molecule has 1 aromatic heterocycles. The van der Waals surface area contributed by atoms with Crippen molar-refractivity contribution >= 4 is 27.3 Å². The molecule has 1 amide bonds. The van der Waals surface area contributed by atoms with E-state index >= 15 is 0 Å². The van der Waals surface area contributed by atoms with Crippen LogP contribution in [0.4, 0.5) is 13.2 Å². The molecule has 0 spiro atoms. The molecule has 0 bridgehead atoms. The fourth-order valence-electron chi connectivity index (χ4n) is 2.93. The molecule has 3 rings (SSSR count). The normalized spacial score (nSPS) is 18.6. The average Bonchev–Trinajstić information content (AvgIpc) is 3.31. The molecule has 2 aromatic rings. The van der Waals surface area contributed by atoms with Crippen LogP contribution in [0, 0.1) is 0 Å². The largest absolute Gasteiger partial charge is 0.416 e. The molecule has 0 aliphatic carbocycles. The summed E-state index contributed by atoms with van der Waals surface area (Å²) >= 11 is 1.09. The van der Waals surface area contributed by atoms with Crippen molar-refractivity contribution in [2.75, 3.05) is 6.54 Å². The first-order chi connectivity index (χ1) is 12.7. The molecule has 1 fully saturated rings. The number of thiophene rings is 1.